The summed E-state index contributed by atoms with van der Waals surface area (Å²) in [7, 11) is 0. The van der Waals surface area contributed by atoms with Crippen molar-refractivity contribution in [2.45, 2.75) is 63.5 Å². The highest BCUT2D eigenvalue weighted by Gasteiger charge is 2.31. The Morgan fingerprint density at radius 2 is 1.68 bits per heavy atom. The second kappa shape index (κ2) is 10.7. The maximum absolute atomic E-state index is 12.5. The minimum absolute atomic E-state index is 0.0190. The molecule has 0 saturated heterocycles. The second-order valence-corrected chi connectivity index (χ2v) is 9.32. The van der Waals surface area contributed by atoms with Crippen molar-refractivity contribution in [3.63, 3.8) is 0 Å². The third-order valence-corrected chi connectivity index (χ3v) is 6.96. The van der Waals surface area contributed by atoms with E-state index in [1.165, 1.54) is 22.3 Å². The van der Waals surface area contributed by atoms with E-state index in [4.69, 9.17) is 9.84 Å². The molecule has 0 spiro atoms. The summed E-state index contributed by atoms with van der Waals surface area (Å²) >= 11 is 0. The molecule has 1 saturated carbocycles. The zero-order valence-corrected chi connectivity index (χ0v) is 19.5. The van der Waals surface area contributed by atoms with Gasteiger partial charge in [-0.3, -0.25) is 9.59 Å². The number of carbonyl (C=O) groups is 3. The fraction of sp³-hybridized carbons (Fsp3) is 0.444. The summed E-state index contributed by atoms with van der Waals surface area (Å²) in [6.07, 6.45) is 2.79. The number of carbonyl (C=O) groups excluding carboxylic acids is 2. The predicted molar refractivity (Wildman–Crippen MR) is 128 cm³/mol. The highest BCUT2D eigenvalue weighted by atomic mass is 16.5. The number of hydrogen-bond acceptors (Lipinski definition) is 4. The number of fused-ring (bicyclic) bond motifs is 3. The second-order valence-electron chi connectivity index (χ2n) is 9.32. The molecule has 3 atom stereocenters. The Kier molecular flexibility index (Phi) is 7.50. The van der Waals surface area contributed by atoms with Gasteiger partial charge in [-0.05, 0) is 53.9 Å². The summed E-state index contributed by atoms with van der Waals surface area (Å²) in [4.78, 5) is 35.7. The minimum atomic E-state index is -0.916. The van der Waals surface area contributed by atoms with E-state index in [9.17, 15) is 14.4 Å². The van der Waals surface area contributed by atoms with Gasteiger partial charge in [0, 0.05) is 24.4 Å². The summed E-state index contributed by atoms with van der Waals surface area (Å²) in [5.74, 6) is -0.850. The molecule has 0 heterocycles. The number of hydrogen-bond donors (Lipinski definition) is 3. The Morgan fingerprint density at radius 3 is 2.29 bits per heavy atom. The molecule has 2 aliphatic rings. The van der Waals surface area contributed by atoms with Crippen LogP contribution >= 0.6 is 0 Å². The first-order valence-corrected chi connectivity index (χ1v) is 12.1. The summed E-state index contributed by atoms with van der Waals surface area (Å²) in [5.41, 5.74) is 4.74. The Morgan fingerprint density at radius 1 is 1.03 bits per heavy atom. The van der Waals surface area contributed by atoms with Crippen molar-refractivity contribution in [3.8, 4) is 11.1 Å². The smallest absolute Gasteiger partial charge is 0.407 e. The van der Waals surface area contributed by atoms with Gasteiger partial charge >= 0.3 is 12.1 Å². The van der Waals surface area contributed by atoms with Crippen LogP contribution in [0.15, 0.2) is 48.5 Å². The summed E-state index contributed by atoms with van der Waals surface area (Å²) in [6.45, 7) is 2.14. The zero-order chi connectivity index (χ0) is 24.1. The van der Waals surface area contributed by atoms with E-state index in [1.54, 1.807) is 0 Å². The molecular formula is C27H32N2O5. The molecule has 4 rings (SSSR count). The van der Waals surface area contributed by atoms with Gasteiger partial charge in [-0.2, -0.15) is 0 Å². The van der Waals surface area contributed by atoms with Gasteiger partial charge in [0.25, 0.3) is 0 Å². The average molecular weight is 465 g/mol. The van der Waals surface area contributed by atoms with Crippen molar-refractivity contribution in [3.05, 3.63) is 59.7 Å². The molecule has 34 heavy (non-hydrogen) atoms. The highest BCUT2D eigenvalue weighted by Crippen LogP contribution is 2.44. The first kappa shape index (κ1) is 23.8. The molecule has 2 aromatic rings. The molecular weight excluding hydrogens is 432 g/mol. The third-order valence-electron chi connectivity index (χ3n) is 6.96. The SMILES string of the molecule is CC[C@@H](CC(=O)O)NC(=O)C[C@@H]1CC[C@H](NC(=O)OCC2c3ccccc3-c3ccccc32)C1. The Bertz CT molecular complexity index is 1010. The van der Waals surface area contributed by atoms with Crippen LogP contribution in [-0.4, -0.2) is 41.8 Å². The number of alkyl carbamates (subject to hydrolysis) is 1. The Hall–Kier alpha value is -3.35. The molecule has 2 aromatic carbocycles. The normalized spacial score (nSPS) is 19.7. The standard InChI is InChI=1S/C27H32N2O5/c1-2-18(15-26(31)32)28-25(30)14-17-11-12-19(13-17)29-27(33)34-16-24-22-9-5-3-7-20(22)21-8-4-6-10-23(21)24/h3-10,17-19,24H,2,11-16H2,1H3,(H,28,30)(H,29,33)(H,31,32)/t17-,18+,19+/m1/s1. The van der Waals surface area contributed by atoms with Crippen molar-refractivity contribution in [1.29, 1.82) is 0 Å². The maximum atomic E-state index is 12.5. The van der Waals surface area contributed by atoms with Crippen LogP contribution in [0.2, 0.25) is 0 Å². The number of carboxylic acid groups (broad SMARTS) is 1. The lowest BCUT2D eigenvalue weighted by atomic mass is 9.98. The third kappa shape index (κ3) is 5.58. The molecule has 2 amide bonds. The Balaban J connectivity index is 1.24. The van der Waals surface area contributed by atoms with Gasteiger partial charge in [0.1, 0.15) is 6.61 Å². The largest absolute Gasteiger partial charge is 0.481 e. The van der Waals surface area contributed by atoms with Crippen molar-refractivity contribution >= 4 is 18.0 Å². The fourth-order valence-electron chi connectivity index (χ4n) is 5.26. The van der Waals surface area contributed by atoms with Crippen LogP contribution in [0, 0.1) is 5.92 Å². The maximum Gasteiger partial charge on any atom is 0.407 e. The van der Waals surface area contributed by atoms with Crippen LogP contribution in [0.5, 0.6) is 0 Å². The number of amides is 2. The lowest BCUT2D eigenvalue weighted by molar-refractivity contribution is -0.137. The van der Waals surface area contributed by atoms with E-state index in [0.29, 0.717) is 19.3 Å². The first-order chi connectivity index (χ1) is 16.4. The molecule has 0 aromatic heterocycles. The molecule has 0 bridgehead atoms. The Labute approximate surface area is 199 Å². The highest BCUT2D eigenvalue weighted by molar-refractivity contribution is 5.79. The van der Waals surface area contributed by atoms with Crippen molar-refractivity contribution in [2.24, 2.45) is 5.92 Å². The van der Waals surface area contributed by atoms with E-state index < -0.39 is 12.1 Å². The van der Waals surface area contributed by atoms with E-state index in [1.807, 2.05) is 31.2 Å². The monoisotopic (exact) mass is 464 g/mol. The van der Waals surface area contributed by atoms with E-state index in [2.05, 4.69) is 34.9 Å². The number of rotatable bonds is 9. The summed E-state index contributed by atoms with van der Waals surface area (Å²) < 4.78 is 5.64. The van der Waals surface area contributed by atoms with Gasteiger partial charge < -0.3 is 20.5 Å². The van der Waals surface area contributed by atoms with E-state index >= 15 is 0 Å². The zero-order valence-electron chi connectivity index (χ0n) is 19.5. The molecule has 7 heteroatoms. The number of ether oxygens (including phenoxy) is 1. The minimum Gasteiger partial charge on any atom is -0.481 e. The molecule has 0 radical (unpaired) electrons. The molecule has 3 N–H and O–H groups in total. The number of carboxylic acids is 1. The fourth-order valence-corrected chi connectivity index (χ4v) is 5.26. The summed E-state index contributed by atoms with van der Waals surface area (Å²) in [6, 6.07) is 16.1. The van der Waals surface area contributed by atoms with Crippen molar-refractivity contribution in [1.82, 2.24) is 10.6 Å². The summed E-state index contributed by atoms with van der Waals surface area (Å²) in [5, 5.41) is 14.7. The van der Waals surface area contributed by atoms with Crippen molar-refractivity contribution < 1.29 is 24.2 Å². The number of aliphatic carboxylic acids is 1. The van der Waals surface area contributed by atoms with E-state index in [-0.39, 0.29) is 42.9 Å². The lowest BCUT2D eigenvalue weighted by Gasteiger charge is -2.18. The average Bonchev–Trinajstić information content (AvgIpc) is 3.38. The molecule has 180 valence electrons. The van der Waals surface area contributed by atoms with Gasteiger partial charge in [0.2, 0.25) is 5.91 Å². The molecule has 0 unspecified atom stereocenters. The first-order valence-electron chi connectivity index (χ1n) is 12.1. The number of nitrogens with one attached hydrogen (secondary N) is 2. The van der Waals surface area contributed by atoms with Crippen LogP contribution in [0.1, 0.15) is 62.5 Å². The van der Waals surface area contributed by atoms with Crippen LogP contribution < -0.4 is 10.6 Å². The van der Waals surface area contributed by atoms with Crippen LogP contribution in [0.3, 0.4) is 0 Å². The number of benzene rings is 2. The van der Waals surface area contributed by atoms with Gasteiger partial charge in [0.15, 0.2) is 0 Å². The predicted octanol–water partition coefficient (Wildman–Crippen LogP) is 4.45. The topological polar surface area (TPSA) is 105 Å². The van der Waals surface area contributed by atoms with Crippen LogP contribution in [0.4, 0.5) is 4.79 Å². The van der Waals surface area contributed by atoms with Crippen LogP contribution in [-0.2, 0) is 14.3 Å². The molecule has 0 aliphatic heterocycles. The van der Waals surface area contributed by atoms with Gasteiger partial charge in [-0.15, -0.1) is 0 Å². The van der Waals surface area contributed by atoms with Crippen LogP contribution in [0.25, 0.3) is 11.1 Å². The van der Waals surface area contributed by atoms with Crippen molar-refractivity contribution in [2.75, 3.05) is 6.61 Å². The van der Waals surface area contributed by atoms with Gasteiger partial charge in [-0.1, -0.05) is 55.5 Å². The molecule has 1 fully saturated rings. The van der Waals surface area contributed by atoms with E-state index in [0.717, 1.165) is 12.8 Å². The van der Waals surface area contributed by atoms with Gasteiger partial charge in [0.05, 0.1) is 6.42 Å². The molecule has 2 aliphatic carbocycles. The lowest BCUT2D eigenvalue weighted by Crippen LogP contribution is -2.37. The molecule has 7 nitrogen and oxygen atoms in total. The van der Waals surface area contributed by atoms with Gasteiger partial charge in [-0.25, -0.2) is 4.79 Å². The quantitative estimate of drug-likeness (QED) is 0.508.